The summed E-state index contributed by atoms with van der Waals surface area (Å²) in [6, 6.07) is -0.0512. The van der Waals surface area contributed by atoms with Gasteiger partial charge in [0.05, 0.1) is 12.5 Å². The van der Waals surface area contributed by atoms with Gasteiger partial charge in [-0.05, 0) is 25.8 Å². The maximum Gasteiger partial charge on any atom is 0.244 e. The molecule has 16 heavy (non-hydrogen) atoms. The van der Waals surface area contributed by atoms with Crippen molar-refractivity contribution in [2.45, 2.75) is 44.2 Å². The number of aliphatic hydroxyl groups is 1. The van der Waals surface area contributed by atoms with Gasteiger partial charge in [-0.15, -0.1) is 0 Å². The highest BCUT2D eigenvalue weighted by Crippen LogP contribution is 2.24. The Morgan fingerprint density at radius 1 is 1.38 bits per heavy atom. The van der Waals surface area contributed by atoms with Crippen molar-refractivity contribution in [2.24, 2.45) is 0 Å². The van der Waals surface area contributed by atoms with Crippen molar-refractivity contribution in [3.63, 3.8) is 0 Å². The van der Waals surface area contributed by atoms with Crippen LogP contribution in [0.4, 0.5) is 0 Å². The number of rotatable bonds is 3. The lowest BCUT2D eigenvalue weighted by molar-refractivity contribution is -0.127. The zero-order valence-electron chi connectivity index (χ0n) is 9.32. The van der Waals surface area contributed by atoms with E-state index in [1.165, 1.54) is 0 Å². The Bertz CT molecular complexity index is 291. The van der Waals surface area contributed by atoms with E-state index >= 15 is 0 Å². The molecule has 5 nitrogen and oxygen atoms in total. The summed E-state index contributed by atoms with van der Waals surface area (Å²) in [5, 5.41) is 11.3. The fourth-order valence-corrected chi connectivity index (χ4v) is 2.70. The molecule has 2 unspecified atom stereocenters. The highest BCUT2D eigenvalue weighted by molar-refractivity contribution is 6.05. The third-order valence-electron chi connectivity index (χ3n) is 3.48. The second kappa shape index (κ2) is 4.93. The largest absolute Gasteiger partial charge is 0.396 e. The predicted octanol–water partition coefficient (Wildman–Crippen LogP) is -0.362. The Kier molecular flexibility index (Phi) is 3.56. The van der Waals surface area contributed by atoms with E-state index in [9.17, 15) is 9.59 Å². The lowest BCUT2D eigenvalue weighted by Gasteiger charge is -2.38. The Morgan fingerprint density at radius 2 is 2.19 bits per heavy atom. The van der Waals surface area contributed by atoms with Crippen LogP contribution >= 0.6 is 0 Å². The molecule has 0 aromatic heterocycles. The molecule has 0 radical (unpaired) electrons. The molecule has 0 aliphatic carbocycles. The molecule has 2 amide bonds. The summed E-state index contributed by atoms with van der Waals surface area (Å²) in [6.07, 6.45) is 4.20. The van der Waals surface area contributed by atoms with Crippen molar-refractivity contribution in [3.05, 3.63) is 0 Å². The molecule has 5 heteroatoms. The highest BCUT2D eigenvalue weighted by atomic mass is 16.3. The number of imide groups is 1. The molecular formula is C11H18N2O3. The van der Waals surface area contributed by atoms with E-state index in [0.717, 1.165) is 25.8 Å². The van der Waals surface area contributed by atoms with E-state index in [4.69, 9.17) is 5.11 Å². The van der Waals surface area contributed by atoms with Gasteiger partial charge in [-0.2, -0.15) is 0 Å². The van der Waals surface area contributed by atoms with Crippen LogP contribution in [0.15, 0.2) is 0 Å². The summed E-state index contributed by atoms with van der Waals surface area (Å²) in [5.41, 5.74) is 0. The summed E-state index contributed by atoms with van der Waals surface area (Å²) in [4.78, 5) is 24.9. The van der Waals surface area contributed by atoms with Gasteiger partial charge in [-0.25, -0.2) is 0 Å². The van der Waals surface area contributed by atoms with Crippen LogP contribution in [0, 0.1) is 0 Å². The van der Waals surface area contributed by atoms with Crippen LogP contribution in [0.1, 0.15) is 32.1 Å². The van der Waals surface area contributed by atoms with Crippen LogP contribution in [0.3, 0.4) is 0 Å². The average molecular weight is 226 g/mol. The standard InChI is InChI=1S/C11H18N2O3/c14-6-4-8-3-1-2-5-13(8)9-7-10(15)12-11(9)16/h8-9,14H,1-7H2,(H,12,15,16). The number of carbonyl (C=O) groups is 2. The quantitative estimate of drug-likeness (QED) is 0.645. The summed E-state index contributed by atoms with van der Waals surface area (Å²) in [5.74, 6) is -0.349. The van der Waals surface area contributed by atoms with Crippen LogP contribution in [-0.4, -0.2) is 47.1 Å². The van der Waals surface area contributed by atoms with E-state index in [1.54, 1.807) is 0 Å². The molecular weight excluding hydrogens is 208 g/mol. The van der Waals surface area contributed by atoms with E-state index in [1.807, 2.05) is 0 Å². The van der Waals surface area contributed by atoms with Crippen LogP contribution in [0.5, 0.6) is 0 Å². The molecule has 0 aromatic rings. The van der Waals surface area contributed by atoms with Crippen molar-refractivity contribution in [3.8, 4) is 0 Å². The van der Waals surface area contributed by atoms with Gasteiger partial charge in [0, 0.05) is 12.6 Å². The average Bonchev–Trinajstić information content (AvgIpc) is 2.59. The van der Waals surface area contributed by atoms with E-state index in [2.05, 4.69) is 10.2 Å². The number of likely N-dealkylation sites (tertiary alicyclic amines) is 1. The molecule has 2 heterocycles. The van der Waals surface area contributed by atoms with E-state index in [0.29, 0.717) is 6.42 Å². The normalized spacial score (nSPS) is 31.8. The Balaban J connectivity index is 2.04. The van der Waals surface area contributed by atoms with Crippen molar-refractivity contribution in [1.82, 2.24) is 10.2 Å². The Hall–Kier alpha value is -0.940. The van der Waals surface area contributed by atoms with Crippen molar-refractivity contribution >= 4 is 11.8 Å². The molecule has 0 saturated carbocycles. The number of nitrogens with one attached hydrogen (secondary N) is 1. The number of amides is 2. The SMILES string of the molecule is O=C1CC(N2CCCCC2CCO)C(=O)N1. The monoisotopic (exact) mass is 226 g/mol. The van der Waals surface area contributed by atoms with Gasteiger partial charge < -0.3 is 5.11 Å². The minimum atomic E-state index is -0.302. The number of hydrogen-bond acceptors (Lipinski definition) is 4. The molecule has 2 saturated heterocycles. The fraction of sp³-hybridized carbons (Fsp3) is 0.818. The van der Waals surface area contributed by atoms with Crippen LogP contribution in [0.25, 0.3) is 0 Å². The smallest absolute Gasteiger partial charge is 0.244 e. The van der Waals surface area contributed by atoms with Crippen molar-refractivity contribution in [1.29, 1.82) is 0 Å². The summed E-state index contributed by atoms with van der Waals surface area (Å²) in [6.45, 7) is 0.999. The molecule has 0 aromatic carbocycles. The van der Waals surface area contributed by atoms with Gasteiger partial charge in [0.15, 0.2) is 0 Å². The van der Waals surface area contributed by atoms with Crippen LogP contribution in [-0.2, 0) is 9.59 Å². The number of piperidine rings is 1. The lowest BCUT2D eigenvalue weighted by Crippen LogP contribution is -2.49. The summed E-state index contributed by atoms with van der Waals surface area (Å²) < 4.78 is 0. The van der Waals surface area contributed by atoms with Gasteiger partial charge in [-0.3, -0.25) is 19.8 Å². The maximum absolute atomic E-state index is 11.6. The van der Waals surface area contributed by atoms with Gasteiger partial charge in [0.2, 0.25) is 11.8 Å². The first kappa shape index (κ1) is 11.5. The first-order chi connectivity index (χ1) is 7.72. The first-order valence-electron chi connectivity index (χ1n) is 5.92. The molecule has 0 bridgehead atoms. The second-order valence-corrected chi connectivity index (χ2v) is 4.53. The summed E-state index contributed by atoms with van der Waals surface area (Å²) >= 11 is 0. The van der Waals surface area contributed by atoms with Gasteiger partial charge in [0.25, 0.3) is 0 Å². The lowest BCUT2D eigenvalue weighted by atomic mass is 9.97. The molecule has 2 atom stereocenters. The zero-order chi connectivity index (χ0) is 11.5. The summed E-state index contributed by atoms with van der Waals surface area (Å²) in [7, 11) is 0. The molecule has 2 aliphatic rings. The molecule has 2 aliphatic heterocycles. The third kappa shape index (κ3) is 2.25. The molecule has 2 fully saturated rings. The van der Waals surface area contributed by atoms with Gasteiger partial charge in [-0.1, -0.05) is 6.42 Å². The number of aliphatic hydroxyl groups excluding tert-OH is 1. The van der Waals surface area contributed by atoms with Crippen LogP contribution in [0.2, 0.25) is 0 Å². The maximum atomic E-state index is 11.6. The third-order valence-corrected chi connectivity index (χ3v) is 3.48. The molecule has 90 valence electrons. The van der Waals surface area contributed by atoms with Gasteiger partial charge in [0.1, 0.15) is 0 Å². The fourth-order valence-electron chi connectivity index (χ4n) is 2.70. The Morgan fingerprint density at radius 3 is 2.81 bits per heavy atom. The van der Waals surface area contributed by atoms with Crippen LogP contribution < -0.4 is 5.32 Å². The number of carbonyl (C=O) groups excluding carboxylic acids is 2. The minimum absolute atomic E-state index is 0.142. The highest BCUT2D eigenvalue weighted by Gasteiger charge is 2.38. The van der Waals surface area contributed by atoms with E-state index < -0.39 is 0 Å². The van der Waals surface area contributed by atoms with Crippen molar-refractivity contribution < 1.29 is 14.7 Å². The predicted molar refractivity (Wildman–Crippen MR) is 57.6 cm³/mol. The van der Waals surface area contributed by atoms with Crippen molar-refractivity contribution in [2.75, 3.05) is 13.2 Å². The molecule has 0 spiro atoms. The second-order valence-electron chi connectivity index (χ2n) is 4.53. The van der Waals surface area contributed by atoms with E-state index in [-0.39, 0.29) is 36.9 Å². The first-order valence-corrected chi connectivity index (χ1v) is 5.92. The molecule has 2 N–H and O–H groups in total. The zero-order valence-corrected chi connectivity index (χ0v) is 9.32. The molecule has 2 rings (SSSR count). The number of hydrogen-bond donors (Lipinski definition) is 2. The topological polar surface area (TPSA) is 69.6 Å². The minimum Gasteiger partial charge on any atom is -0.396 e. The Labute approximate surface area is 94.8 Å². The van der Waals surface area contributed by atoms with Gasteiger partial charge >= 0.3 is 0 Å². The number of nitrogens with zero attached hydrogens (tertiary/aromatic N) is 1.